The zero-order valence-corrected chi connectivity index (χ0v) is 14.7. The number of benzene rings is 1. The maximum absolute atomic E-state index is 12.3. The maximum Gasteiger partial charge on any atom is 0.251 e. The average molecular weight is 361 g/mol. The van der Waals surface area contributed by atoms with Crippen molar-refractivity contribution in [3.63, 3.8) is 0 Å². The highest BCUT2D eigenvalue weighted by molar-refractivity contribution is 7.89. The minimum absolute atomic E-state index is 0.0594. The first-order chi connectivity index (χ1) is 10.8. The highest BCUT2D eigenvalue weighted by Gasteiger charge is 2.30. The van der Waals surface area contributed by atoms with Crippen LogP contribution in [0.2, 0.25) is 5.02 Å². The Hall–Kier alpha value is -1.15. The number of rotatable bonds is 5. The summed E-state index contributed by atoms with van der Waals surface area (Å²) in [6.07, 6.45) is -0.255. The molecule has 0 aromatic heterocycles. The van der Waals surface area contributed by atoms with Crippen LogP contribution in [0.15, 0.2) is 24.3 Å². The Morgan fingerprint density at radius 3 is 2.39 bits per heavy atom. The van der Waals surface area contributed by atoms with Crippen LogP contribution in [0.25, 0.3) is 0 Å². The molecule has 1 aliphatic rings. The van der Waals surface area contributed by atoms with Crippen LogP contribution >= 0.6 is 11.6 Å². The third-order valence-electron chi connectivity index (χ3n) is 3.53. The van der Waals surface area contributed by atoms with Gasteiger partial charge in [0, 0.05) is 30.2 Å². The van der Waals surface area contributed by atoms with Gasteiger partial charge >= 0.3 is 0 Å². The van der Waals surface area contributed by atoms with Gasteiger partial charge in [-0.1, -0.05) is 11.6 Å². The summed E-state index contributed by atoms with van der Waals surface area (Å²) in [7, 11) is -3.42. The molecule has 1 heterocycles. The third kappa shape index (κ3) is 5.17. The second kappa shape index (κ2) is 7.61. The molecule has 2 rings (SSSR count). The van der Waals surface area contributed by atoms with Gasteiger partial charge in [-0.15, -0.1) is 0 Å². The van der Waals surface area contributed by atoms with Crippen molar-refractivity contribution in [3.05, 3.63) is 34.9 Å². The lowest BCUT2D eigenvalue weighted by atomic mass is 10.2. The Kier molecular flexibility index (Phi) is 6.02. The van der Waals surface area contributed by atoms with Crippen molar-refractivity contribution in [2.45, 2.75) is 26.1 Å². The van der Waals surface area contributed by atoms with Gasteiger partial charge in [-0.2, -0.15) is 4.31 Å². The van der Waals surface area contributed by atoms with Crippen molar-refractivity contribution >= 4 is 27.5 Å². The van der Waals surface area contributed by atoms with Crippen LogP contribution in [0.5, 0.6) is 0 Å². The number of halogens is 1. The van der Waals surface area contributed by atoms with Gasteiger partial charge < -0.3 is 10.1 Å². The lowest BCUT2D eigenvalue weighted by Crippen LogP contribution is -2.49. The summed E-state index contributed by atoms with van der Waals surface area (Å²) in [4.78, 5) is 11.9. The topological polar surface area (TPSA) is 75.7 Å². The molecule has 0 spiro atoms. The number of nitrogens with one attached hydrogen (secondary N) is 1. The summed E-state index contributed by atoms with van der Waals surface area (Å²) < 4.78 is 31.6. The normalized spacial score (nSPS) is 22.7. The zero-order chi connectivity index (χ0) is 17.0. The summed E-state index contributed by atoms with van der Waals surface area (Å²) in [5.74, 6) is -0.452. The fourth-order valence-corrected chi connectivity index (χ4v) is 4.10. The largest absolute Gasteiger partial charge is 0.373 e. The molecule has 0 aliphatic carbocycles. The van der Waals surface area contributed by atoms with Crippen LogP contribution in [0.4, 0.5) is 0 Å². The Labute approximate surface area is 141 Å². The standard InChI is InChI=1S/C15H21ClN2O4S/c1-11-9-18(10-12(2)22-11)23(20,21)8-7-17-15(19)13-3-5-14(16)6-4-13/h3-6,11-12H,7-10H2,1-2H3,(H,17,19)/t11-,12+. The number of ether oxygens (including phenoxy) is 1. The van der Waals surface area contributed by atoms with Gasteiger partial charge in [0.25, 0.3) is 5.91 Å². The van der Waals surface area contributed by atoms with Gasteiger partial charge in [0.15, 0.2) is 0 Å². The van der Waals surface area contributed by atoms with Crippen molar-refractivity contribution in [2.75, 3.05) is 25.4 Å². The van der Waals surface area contributed by atoms with Crippen molar-refractivity contribution in [1.82, 2.24) is 9.62 Å². The van der Waals surface area contributed by atoms with E-state index in [0.29, 0.717) is 23.7 Å². The molecule has 0 saturated carbocycles. The molecule has 128 valence electrons. The Morgan fingerprint density at radius 2 is 1.83 bits per heavy atom. The third-order valence-corrected chi connectivity index (χ3v) is 5.59. The molecule has 1 N–H and O–H groups in total. The van der Waals surface area contributed by atoms with Crippen LogP contribution in [0, 0.1) is 0 Å². The lowest BCUT2D eigenvalue weighted by Gasteiger charge is -2.34. The highest BCUT2D eigenvalue weighted by Crippen LogP contribution is 2.14. The van der Waals surface area contributed by atoms with Gasteiger partial charge in [0.05, 0.1) is 18.0 Å². The molecule has 8 heteroatoms. The van der Waals surface area contributed by atoms with Crippen LogP contribution in [0.1, 0.15) is 24.2 Å². The van der Waals surface area contributed by atoms with Gasteiger partial charge in [0.1, 0.15) is 0 Å². The maximum atomic E-state index is 12.3. The molecular formula is C15H21ClN2O4S. The summed E-state index contributed by atoms with van der Waals surface area (Å²) in [6.45, 7) is 4.44. The first kappa shape index (κ1) is 18.2. The molecular weight excluding hydrogens is 340 g/mol. The quantitative estimate of drug-likeness (QED) is 0.863. The van der Waals surface area contributed by atoms with Crippen LogP contribution in [0.3, 0.4) is 0 Å². The van der Waals surface area contributed by atoms with E-state index in [1.165, 1.54) is 4.31 Å². The van der Waals surface area contributed by atoms with E-state index in [2.05, 4.69) is 5.32 Å². The first-order valence-electron chi connectivity index (χ1n) is 7.45. The van der Waals surface area contributed by atoms with Crippen molar-refractivity contribution in [1.29, 1.82) is 0 Å². The first-order valence-corrected chi connectivity index (χ1v) is 9.43. The van der Waals surface area contributed by atoms with E-state index < -0.39 is 10.0 Å². The fraction of sp³-hybridized carbons (Fsp3) is 0.533. The molecule has 0 radical (unpaired) electrons. The van der Waals surface area contributed by atoms with Gasteiger partial charge in [0.2, 0.25) is 10.0 Å². The van der Waals surface area contributed by atoms with Crippen molar-refractivity contribution < 1.29 is 17.9 Å². The molecule has 1 fully saturated rings. The van der Waals surface area contributed by atoms with E-state index in [1.807, 2.05) is 13.8 Å². The smallest absolute Gasteiger partial charge is 0.251 e. The number of hydrogen-bond donors (Lipinski definition) is 1. The molecule has 23 heavy (non-hydrogen) atoms. The molecule has 1 aromatic rings. The molecule has 1 saturated heterocycles. The predicted octanol–water partition coefficient (Wildman–Crippen LogP) is 1.51. The van der Waals surface area contributed by atoms with Gasteiger partial charge in [-0.25, -0.2) is 8.42 Å². The van der Waals surface area contributed by atoms with E-state index in [0.717, 1.165) is 0 Å². The van der Waals surface area contributed by atoms with E-state index >= 15 is 0 Å². The molecule has 1 aliphatic heterocycles. The monoisotopic (exact) mass is 360 g/mol. The SMILES string of the molecule is C[C@@H]1CN(S(=O)(=O)CCNC(=O)c2ccc(Cl)cc2)C[C@H](C)O1. The minimum atomic E-state index is -3.42. The van der Waals surface area contributed by atoms with E-state index in [9.17, 15) is 13.2 Å². The lowest BCUT2D eigenvalue weighted by molar-refractivity contribution is -0.0440. The number of sulfonamides is 1. The molecule has 0 unspecified atom stereocenters. The number of nitrogens with zero attached hydrogens (tertiary/aromatic N) is 1. The number of amides is 1. The number of carbonyl (C=O) groups excluding carboxylic acids is 1. The van der Waals surface area contributed by atoms with Crippen LogP contribution < -0.4 is 5.32 Å². The Balaban J connectivity index is 1.87. The van der Waals surface area contributed by atoms with Crippen molar-refractivity contribution in [3.8, 4) is 0 Å². The zero-order valence-electron chi connectivity index (χ0n) is 13.2. The van der Waals surface area contributed by atoms with Gasteiger partial charge in [-0.3, -0.25) is 4.79 Å². The summed E-state index contributed by atoms with van der Waals surface area (Å²) >= 11 is 5.76. The highest BCUT2D eigenvalue weighted by atomic mass is 35.5. The predicted molar refractivity (Wildman–Crippen MR) is 89.2 cm³/mol. The molecule has 6 nitrogen and oxygen atoms in total. The summed E-state index contributed by atoms with van der Waals surface area (Å²) in [6, 6.07) is 6.42. The number of carbonyl (C=O) groups is 1. The second-order valence-electron chi connectivity index (χ2n) is 5.65. The molecule has 0 bridgehead atoms. The molecule has 1 aromatic carbocycles. The van der Waals surface area contributed by atoms with E-state index in [4.69, 9.17) is 16.3 Å². The Bertz CT molecular complexity index is 638. The van der Waals surface area contributed by atoms with Gasteiger partial charge in [-0.05, 0) is 38.1 Å². The fourth-order valence-electron chi connectivity index (χ4n) is 2.48. The summed E-state index contributed by atoms with van der Waals surface area (Å²) in [5, 5.41) is 3.16. The van der Waals surface area contributed by atoms with E-state index in [1.54, 1.807) is 24.3 Å². The Morgan fingerprint density at radius 1 is 1.26 bits per heavy atom. The number of hydrogen-bond acceptors (Lipinski definition) is 4. The van der Waals surface area contributed by atoms with Crippen molar-refractivity contribution in [2.24, 2.45) is 0 Å². The van der Waals surface area contributed by atoms with E-state index in [-0.39, 0.29) is 30.4 Å². The van der Waals surface area contributed by atoms with Crippen LogP contribution in [-0.2, 0) is 14.8 Å². The molecule has 2 atom stereocenters. The minimum Gasteiger partial charge on any atom is -0.373 e. The molecule has 1 amide bonds. The summed E-state index contributed by atoms with van der Waals surface area (Å²) in [5.41, 5.74) is 0.445. The second-order valence-corrected chi connectivity index (χ2v) is 8.18. The van der Waals surface area contributed by atoms with Crippen LogP contribution in [-0.4, -0.2) is 56.2 Å². The average Bonchev–Trinajstić information content (AvgIpc) is 2.46. The number of morpholine rings is 1.